The van der Waals surface area contributed by atoms with Gasteiger partial charge in [-0.25, -0.2) is 0 Å². The molecule has 0 saturated carbocycles. The summed E-state index contributed by atoms with van der Waals surface area (Å²) in [7, 11) is 0. The number of hydrogen-bond acceptors (Lipinski definition) is 5. The highest BCUT2D eigenvalue weighted by Crippen LogP contribution is 2.23. The summed E-state index contributed by atoms with van der Waals surface area (Å²) in [6.07, 6.45) is 0.275. The Kier molecular flexibility index (Phi) is 6.81. The maximum atomic E-state index is 12.4. The lowest BCUT2D eigenvalue weighted by Gasteiger charge is -2.10. The fourth-order valence-corrected chi connectivity index (χ4v) is 4.10. The first kappa shape index (κ1) is 21.3. The number of H-pyrrole nitrogens is 1. The van der Waals surface area contributed by atoms with Gasteiger partial charge in [0, 0.05) is 29.2 Å². The first-order chi connectivity index (χ1) is 15.1. The van der Waals surface area contributed by atoms with E-state index in [0.717, 1.165) is 16.3 Å². The Hall–Kier alpha value is -2.94. The van der Waals surface area contributed by atoms with Crippen LogP contribution in [0.15, 0.2) is 66.0 Å². The van der Waals surface area contributed by atoms with Crippen molar-refractivity contribution in [1.29, 1.82) is 0 Å². The van der Waals surface area contributed by atoms with Crippen LogP contribution in [-0.2, 0) is 17.9 Å². The molecule has 0 aliphatic heterocycles. The Labute approximate surface area is 193 Å². The summed E-state index contributed by atoms with van der Waals surface area (Å²) in [5.41, 5.74) is 1.62. The lowest BCUT2D eigenvalue weighted by atomic mass is 10.2. The molecule has 0 radical (unpaired) electrons. The molecule has 2 aromatic carbocycles. The van der Waals surface area contributed by atoms with Crippen LogP contribution in [0.25, 0.3) is 10.7 Å². The number of nitrogens with one attached hydrogen (secondary N) is 2. The van der Waals surface area contributed by atoms with Gasteiger partial charge in [0.25, 0.3) is 0 Å². The summed E-state index contributed by atoms with van der Waals surface area (Å²) in [6, 6.07) is 18.7. The van der Waals surface area contributed by atoms with E-state index < -0.39 is 0 Å². The number of carbonyl (C=O) groups excluding carboxylic acids is 1. The Bertz CT molecular complexity index is 1220. The summed E-state index contributed by atoms with van der Waals surface area (Å²) in [5.74, 6) is 1.33. The van der Waals surface area contributed by atoms with E-state index in [0.29, 0.717) is 34.4 Å². The minimum Gasteiger partial charge on any atom is -0.489 e. The Morgan fingerprint density at radius 1 is 1.16 bits per heavy atom. The van der Waals surface area contributed by atoms with Crippen molar-refractivity contribution in [1.82, 2.24) is 14.8 Å². The third-order valence-electron chi connectivity index (χ3n) is 4.55. The smallest absolute Gasteiger partial charge is 0.226 e. The first-order valence-electron chi connectivity index (χ1n) is 9.55. The van der Waals surface area contributed by atoms with Crippen LogP contribution in [-0.4, -0.2) is 20.7 Å². The van der Waals surface area contributed by atoms with Crippen LogP contribution in [0, 0.1) is 4.77 Å². The summed E-state index contributed by atoms with van der Waals surface area (Å²) in [5, 5.41) is 12.6. The number of carbonyl (C=O) groups is 1. The molecule has 0 bridgehead atoms. The minimum atomic E-state index is -0.107. The van der Waals surface area contributed by atoms with Crippen LogP contribution >= 0.6 is 35.2 Å². The van der Waals surface area contributed by atoms with Gasteiger partial charge in [0.15, 0.2) is 10.6 Å². The minimum absolute atomic E-state index is 0.107. The molecule has 0 spiro atoms. The van der Waals surface area contributed by atoms with Gasteiger partial charge in [0.1, 0.15) is 12.4 Å². The summed E-state index contributed by atoms with van der Waals surface area (Å²) in [6.45, 7) is 0.816. The molecule has 0 aliphatic carbocycles. The van der Waals surface area contributed by atoms with E-state index in [2.05, 4.69) is 15.5 Å². The van der Waals surface area contributed by atoms with Crippen molar-refractivity contribution in [2.75, 3.05) is 5.32 Å². The SMILES string of the molecule is O=C(CCn1c(-c2cccs2)n[nH]c1=S)Nc1ccc(OCc2ccccc2Cl)cc1. The van der Waals surface area contributed by atoms with Crippen molar-refractivity contribution in [3.05, 3.63) is 81.4 Å². The average molecular weight is 471 g/mol. The molecular formula is C22H19ClN4O2S2. The maximum absolute atomic E-state index is 12.4. The van der Waals surface area contributed by atoms with Gasteiger partial charge < -0.3 is 10.1 Å². The summed E-state index contributed by atoms with van der Waals surface area (Å²) < 4.78 is 8.11. The lowest BCUT2D eigenvalue weighted by Crippen LogP contribution is -2.15. The number of aromatic nitrogens is 3. The largest absolute Gasteiger partial charge is 0.489 e. The third kappa shape index (κ3) is 5.41. The molecule has 4 aromatic rings. The van der Waals surface area contributed by atoms with Crippen molar-refractivity contribution in [2.45, 2.75) is 19.6 Å². The topological polar surface area (TPSA) is 71.9 Å². The summed E-state index contributed by atoms with van der Waals surface area (Å²) >= 11 is 13.0. The van der Waals surface area contributed by atoms with E-state index in [9.17, 15) is 4.79 Å². The molecule has 6 nitrogen and oxygen atoms in total. The van der Waals surface area contributed by atoms with Gasteiger partial charge in [-0.2, -0.15) is 5.10 Å². The zero-order valence-corrected chi connectivity index (χ0v) is 18.8. The molecule has 2 aromatic heterocycles. The van der Waals surface area contributed by atoms with Gasteiger partial charge in [-0.3, -0.25) is 14.5 Å². The molecule has 158 valence electrons. The second-order valence-electron chi connectivity index (χ2n) is 6.68. The van der Waals surface area contributed by atoms with E-state index in [1.165, 1.54) is 0 Å². The average Bonchev–Trinajstić information content (AvgIpc) is 3.42. The molecule has 0 fully saturated rings. The molecule has 31 heavy (non-hydrogen) atoms. The number of anilines is 1. The highest BCUT2D eigenvalue weighted by molar-refractivity contribution is 7.71. The van der Waals surface area contributed by atoms with Crippen LogP contribution in [0.3, 0.4) is 0 Å². The molecule has 0 unspecified atom stereocenters. The number of amides is 1. The Balaban J connectivity index is 1.31. The third-order valence-corrected chi connectivity index (χ3v) is 6.10. The van der Waals surface area contributed by atoms with Crippen LogP contribution < -0.4 is 10.1 Å². The second kappa shape index (κ2) is 9.91. The number of nitrogens with zero attached hydrogens (tertiary/aromatic N) is 2. The number of halogens is 1. The van der Waals surface area contributed by atoms with Gasteiger partial charge in [0.2, 0.25) is 5.91 Å². The number of thiophene rings is 1. The molecule has 2 heterocycles. The molecule has 2 N–H and O–H groups in total. The van der Waals surface area contributed by atoms with E-state index in [1.807, 2.05) is 58.5 Å². The number of rotatable bonds is 8. The standard InChI is InChI=1S/C22H19ClN4O2S2/c23-18-5-2-1-4-15(18)14-29-17-9-7-16(8-10-17)24-20(28)11-12-27-21(25-26-22(27)30)19-6-3-13-31-19/h1-10,13H,11-12,14H2,(H,24,28)(H,26,30). The van der Waals surface area contributed by atoms with Crippen LogP contribution in [0.5, 0.6) is 5.75 Å². The summed E-state index contributed by atoms with van der Waals surface area (Å²) in [4.78, 5) is 13.4. The van der Waals surface area contributed by atoms with Gasteiger partial charge in [-0.05, 0) is 54.0 Å². The van der Waals surface area contributed by atoms with Crippen LogP contribution in [0.2, 0.25) is 5.02 Å². The molecule has 0 atom stereocenters. The second-order valence-corrected chi connectivity index (χ2v) is 8.43. The molecule has 0 saturated heterocycles. The van der Waals surface area contributed by atoms with Gasteiger partial charge in [0.05, 0.1) is 4.88 Å². The maximum Gasteiger partial charge on any atom is 0.226 e. The molecule has 0 aliphatic rings. The first-order valence-corrected chi connectivity index (χ1v) is 11.2. The quantitative estimate of drug-likeness (QED) is 0.313. The normalized spacial score (nSPS) is 10.7. The molecular weight excluding hydrogens is 452 g/mol. The van der Waals surface area contributed by atoms with Gasteiger partial charge in [-0.1, -0.05) is 35.9 Å². The van der Waals surface area contributed by atoms with Crippen molar-refractivity contribution in [3.63, 3.8) is 0 Å². The van der Waals surface area contributed by atoms with Gasteiger partial charge >= 0.3 is 0 Å². The predicted molar refractivity (Wildman–Crippen MR) is 126 cm³/mol. The predicted octanol–water partition coefficient (Wildman–Crippen LogP) is 5.93. The zero-order valence-electron chi connectivity index (χ0n) is 16.4. The van der Waals surface area contributed by atoms with Crippen molar-refractivity contribution < 1.29 is 9.53 Å². The van der Waals surface area contributed by atoms with Crippen LogP contribution in [0.4, 0.5) is 5.69 Å². The Morgan fingerprint density at radius 3 is 2.71 bits per heavy atom. The van der Waals surface area contributed by atoms with Crippen LogP contribution in [0.1, 0.15) is 12.0 Å². The number of hydrogen-bond donors (Lipinski definition) is 2. The Morgan fingerprint density at radius 2 is 1.97 bits per heavy atom. The fraction of sp³-hybridized carbons (Fsp3) is 0.136. The lowest BCUT2D eigenvalue weighted by molar-refractivity contribution is -0.116. The number of aromatic amines is 1. The van der Waals surface area contributed by atoms with E-state index in [4.69, 9.17) is 28.6 Å². The van der Waals surface area contributed by atoms with E-state index >= 15 is 0 Å². The number of benzene rings is 2. The zero-order chi connectivity index (χ0) is 21.6. The molecule has 4 rings (SSSR count). The van der Waals surface area contributed by atoms with E-state index in [-0.39, 0.29) is 12.3 Å². The molecule has 1 amide bonds. The highest BCUT2D eigenvalue weighted by atomic mass is 35.5. The van der Waals surface area contributed by atoms with Crippen molar-refractivity contribution >= 4 is 46.8 Å². The van der Waals surface area contributed by atoms with Gasteiger partial charge in [-0.15, -0.1) is 11.3 Å². The monoisotopic (exact) mass is 470 g/mol. The molecule has 9 heteroatoms. The highest BCUT2D eigenvalue weighted by Gasteiger charge is 2.11. The number of ether oxygens (including phenoxy) is 1. The fourth-order valence-electron chi connectivity index (χ4n) is 2.97. The van der Waals surface area contributed by atoms with Crippen molar-refractivity contribution in [2.24, 2.45) is 0 Å². The van der Waals surface area contributed by atoms with Crippen molar-refractivity contribution in [3.8, 4) is 16.5 Å². The van der Waals surface area contributed by atoms with E-state index in [1.54, 1.807) is 23.5 Å².